The van der Waals surface area contributed by atoms with E-state index >= 15 is 0 Å². The van der Waals surface area contributed by atoms with Crippen LogP contribution in [-0.2, 0) is 0 Å². The molecule has 0 aliphatic heterocycles. The van der Waals surface area contributed by atoms with E-state index in [0.29, 0.717) is 11.4 Å². The van der Waals surface area contributed by atoms with Gasteiger partial charge in [0.25, 0.3) is 5.91 Å². The van der Waals surface area contributed by atoms with Gasteiger partial charge in [-0.1, -0.05) is 0 Å². The van der Waals surface area contributed by atoms with E-state index < -0.39 is 5.91 Å². The summed E-state index contributed by atoms with van der Waals surface area (Å²) >= 11 is 0. The molecule has 0 bridgehead atoms. The van der Waals surface area contributed by atoms with E-state index in [4.69, 9.17) is 10.00 Å². The van der Waals surface area contributed by atoms with Crippen LogP contribution in [-0.4, -0.2) is 22.7 Å². The Balaban J connectivity index is 2.07. The minimum atomic E-state index is -0.466. The number of carbonyl (C=O) groups is 1. The first kappa shape index (κ1) is 14.2. The van der Waals surface area contributed by atoms with Crippen molar-refractivity contribution in [1.29, 1.82) is 5.26 Å². The fourth-order valence-electron chi connectivity index (χ4n) is 1.68. The predicted molar refractivity (Wildman–Crippen MR) is 75.3 cm³/mol. The third-order valence-corrected chi connectivity index (χ3v) is 2.58. The molecule has 1 amide bonds. The van der Waals surface area contributed by atoms with Gasteiger partial charge in [-0.15, -0.1) is 0 Å². The summed E-state index contributed by atoms with van der Waals surface area (Å²) in [4.78, 5) is 12.0. The molecule has 0 atom stereocenters. The summed E-state index contributed by atoms with van der Waals surface area (Å²) in [6.45, 7) is -0.0473. The van der Waals surface area contributed by atoms with Gasteiger partial charge in [-0.3, -0.25) is 4.79 Å². The van der Waals surface area contributed by atoms with Gasteiger partial charge in [0.15, 0.2) is 6.61 Å². The van der Waals surface area contributed by atoms with Crippen molar-refractivity contribution in [2.45, 2.75) is 0 Å². The molecule has 0 fully saturated rings. The molecular formula is C15H12N2O4. The third-order valence-electron chi connectivity index (χ3n) is 2.58. The van der Waals surface area contributed by atoms with E-state index in [-0.39, 0.29) is 23.7 Å². The number of aromatic hydroxyl groups is 2. The molecular weight excluding hydrogens is 272 g/mol. The van der Waals surface area contributed by atoms with Crippen molar-refractivity contribution in [2.75, 3.05) is 11.9 Å². The smallest absolute Gasteiger partial charge is 0.255 e. The number of amides is 1. The number of hydrogen-bond acceptors (Lipinski definition) is 5. The minimum absolute atomic E-state index is 0.0473. The lowest BCUT2D eigenvalue weighted by atomic mass is 10.2. The first-order chi connectivity index (χ1) is 10.1. The third kappa shape index (κ3) is 3.88. The SMILES string of the molecule is N#CCOc1ccc(NC(=O)c2cc(O)cc(O)c2)cc1. The fourth-order valence-corrected chi connectivity index (χ4v) is 1.68. The number of phenolic OH excluding ortho intramolecular Hbond substituents is 2. The number of ether oxygens (including phenoxy) is 1. The Labute approximate surface area is 120 Å². The second-order valence-corrected chi connectivity index (χ2v) is 4.16. The van der Waals surface area contributed by atoms with Crippen LogP contribution in [0.25, 0.3) is 0 Å². The van der Waals surface area contributed by atoms with Gasteiger partial charge in [0.2, 0.25) is 0 Å². The Morgan fingerprint density at radius 1 is 1.14 bits per heavy atom. The maximum absolute atomic E-state index is 12.0. The lowest BCUT2D eigenvalue weighted by Crippen LogP contribution is -2.11. The molecule has 106 valence electrons. The van der Waals surface area contributed by atoms with Crippen molar-refractivity contribution in [3.8, 4) is 23.3 Å². The van der Waals surface area contributed by atoms with Crippen molar-refractivity contribution in [3.63, 3.8) is 0 Å². The molecule has 0 aromatic heterocycles. The van der Waals surface area contributed by atoms with Gasteiger partial charge in [-0.05, 0) is 36.4 Å². The van der Waals surface area contributed by atoms with E-state index in [1.165, 1.54) is 12.1 Å². The maximum Gasteiger partial charge on any atom is 0.255 e. The molecule has 0 saturated heterocycles. The van der Waals surface area contributed by atoms with Gasteiger partial charge in [-0.2, -0.15) is 5.26 Å². The maximum atomic E-state index is 12.0. The molecule has 6 nitrogen and oxygen atoms in total. The molecule has 2 rings (SSSR count). The van der Waals surface area contributed by atoms with Crippen LogP contribution in [0.2, 0.25) is 0 Å². The molecule has 0 heterocycles. The molecule has 0 spiro atoms. The Morgan fingerprint density at radius 3 is 2.33 bits per heavy atom. The van der Waals surface area contributed by atoms with Crippen LogP contribution in [0.3, 0.4) is 0 Å². The van der Waals surface area contributed by atoms with Gasteiger partial charge in [0.05, 0.1) is 0 Å². The highest BCUT2D eigenvalue weighted by atomic mass is 16.5. The van der Waals surface area contributed by atoms with Crippen LogP contribution in [0, 0.1) is 11.3 Å². The van der Waals surface area contributed by atoms with Crippen molar-refractivity contribution < 1.29 is 19.7 Å². The van der Waals surface area contributed by atoms with Crippen molar-refractivity contribution >= 4 is 11.6 Å². The number of phenols is 2. The summed E-state index contributed by atoms with van der Waals surface area (Å²) < 4.78 is 5.09. The topological polar surface area (TPSA) is 103 Å². The van der Waals surface area contributed by atoms with Gasteiger partial charge < -0.3 is 20.3 Å². The average molecular weight is 284 g/mol. The highest BCUT2D eigenvalue weighted by Crippen LogP contribution is 2.22. The molecule has 0 saturated carbocycles. The van der Waals surface area contributed by atoms with Gasteiger partial charge in [0.1, 0.15) is 23.3 Å². The summed E-state index contributed by atoms with van der Waals surface area (Å²) in [5, 5.41) is 29.7. The van der Waals surface area contributed by atoms with E-state index in [2.05, 4.69) is 5.32 Å². The highest BCUT2D eigenvalue weighted by Gasteiger charge is 2.09. The van der Waals surface area contributed by atoms with Crippen molar-refractivity contribution in [3.05, 3.63) is 48.0 Å². The number of nitrogens with one attached hydrogen (secondary N) is 1. The Hall–Kier alpha value is -3.20. The second-order valence-electron chi connectivity index (χ2n) is 4.16. The van der Waals surface area contributed by atoms with Crippen LogP contribution < -0.4 is 10.1 Å². The molecule has 0 unspecified atom stereocenters. The molecule has 0 aliphatic carbocycles. The standard InChI is InChI=1S/C15H12N2O4/c16-5-6-21-14-3-1-11(2-4-14)17-15(20)10-7-12(18)9-13(19)8-10/h1-4,7-9,18-19H,6H2,(H,17,20). The number of hydrogen-bond donors (Lipinski definition) is 3. The molecule has 0 radical (unpaired) electrons. The first-order valence-corrected chi connectivity index (χ1v) is 6.02. The number of benzene rings is 2. The van der Waals surface area contributed by atoms with Crippen molar-refractivity contribution in [2.24, 2.45) is 0 Å². The number of anilines is 1. The van der Waals surface area contributed by atoms with Crippen molar-refractivity contribution in [1.82, 2.24) is 0 Å². The zero-order valence-corrected chi connectivity index (χ0v) is 10.9. The molecule has 2 aromatic carbocycles. The summed E-state index contributed by atoms with van der Waals surface area (Å²) in [6, 6.07) is 12.0. The van der Waals surface area contributed by atoms with E-state index in [0.717, 1.165) is 6.07 Å². The van der Waals surface area contributed by atoms with Crippen LogP contribution in [0.15, 0.2) is 42.5 Å². The molecule has 2 aromatic rings. The van der Waals surface area contributed by atoms with Gasteiger partial charge in [-0.25, -0.2) is 0 Å². The van der Waals surface area contributed by atoms with E-state index in [1.54, 1.807) is 24.3 Å². The zero-order chi connectivity index (χ0) is 15.2. The quantitative estimate of drug-likeness (QED) is 0.799. The number of rotatable bonds is 4. The Bertz CT molecular complexity index is 670. The lowest BCUT2D eigenvalue weighted by molar-refractivity contribution is 0.102. The summed E-state index contributed by atoms with van der Waals surface area (Å²) in [7, 11) is 0. The largest absolute Gasteiger partial charge is 0.508 e. The average Bonchev–Trinajstić information content (AvgIpc) is 2.45. The van der Waals surface area contributed by atoms with Crippen LogP contribution >= 0.6 is 0 Å². The summed E-state index contributed by atoms with van der Waals surface area (Å²) in [5.74, 6) is -0.336. The number of nitriles is 1. The molecule has 21 heavy (non-hydrogen) atoms. The first-order valence-electron chi connectivity index (χ1n) is 6.02. The highest BCUT2D eigenvalue weighted by molar-refractivity contribution is 6.04. The monoisotopic (exact) mass is 284 g/mol. The molecule has 3 N–H and O–H groups in total. The fraction of sp³-hybridized carbons (Fsp3) is 0.0667. The number of carbonyl (C=O) groups excluding carboxylic acids is 1. The normalized spacial score (nSPS) is 9.67. The van der Waals surface area contributed by atoms with Gasteiger partial charge >= 0.3 is 0 Å². The number of nitrogens with zero attached hydrogens (tertiary/aromatic N) is 1. The Morgan fingerprint density at radius 2 is 1.76 bits per heavy atom. The molecule has 0 aliphatic rings. The Kier molecular flexibility index (Phi) is 4.26. The zero-order valence-electron chi connectivity index (χ0n) is 10.9. The summed E-state index contributed by atoms with van der Waals surface area (Å²) in [5.41, 5.74) is 0.657. The molecule has 6 heteroatoms. The van der Waals surface area contributed by atoms with Crippen LogP contribution in [0.4, 0.5) is 5.69 Å². The summed E-state index contributed by atoms with van der Waals surface area (Å²) in [6.07, 6.45) is 0. The van der Waals surface area contributed by atoms with Gasteiger partial charge in [0, 0.05) is 17.3 Å². The van der Waals surface area contributed by atoms with E-state index in [9.17, 15) is 15.0 Å². The predicted octanol–water partition coefficient (Wildman–Crippen LogP) is 2.25. The lowest BCUT2D eigenvalue weighted by Gasteiger charge is -2.07. The van der Waals surface area contributed by atoms with Crippen LogP contribution in [0.5, 0.6) is 17.2 Å². The second kappa shape index (κ2) is 6.30. The van der Waals surface area contributed by atoms with Crippen LogP contribution in [0.1, 0.15) is 10.4 Å². The van der Waals surface area contributed by atoms with E-state index in [1.807, 2.05) is 6.07 Å². The minimum Gasteiger partial charge on any atom is -0.508 e.